The number of tetrazole rings is 1. The number of thioether (sulfide) groups is 1. The largest absolute Gasteiger partial charge is 0.497 e. The van der Waals surface area contributed by atoms with Gasteiger partial charge in [0.15, 0.2) is 5.78 Å². The second kappa shape index (κ2) is 7.79. The molecule has 0 aliphatic heterocycles. The summed E-state index contributed by atoms with van der Waals surface area (Å²) in [6.45, 7) is 4.66. The van der Waals surface area contributed by atoms with Crippen molar-refractivity contribution in [3.8, 4) is 5.75 Å². The highest BCUT2D eigenvalue weighted by molar-refractivity contribution is 7.99. The lowest BCUT2D eigenvalue weighted by Gasteiger charge is -2.07. The molecule has 1 aliphatic carbocycles. The molecule has 3 aromatic rings. The van der Waals surface area contributed by atoms with Crippen molar-refractivity contribution in [3.05, 3.63) is 52.8 Å². The molecule has 1 saturated carbocycles. The molecule has 1 aromatic carbocycles. The molecule has 0 unspecified atom stereocenters. The first kappa shape index (κ1) is 18.7. The maximum atomic E-state index is 12.8. The van der Waals surface area contributed by atoms with Gasteiger partial charge in [0.05, 0.1) is 19.4 Å². The molecule has 0 N–H and O–H groups in total. The first-order valence-corrected chi connectivity index (χ1v) is 10.3. The number of benzene rings is 1. The fourth-order valence-electron chi connectivity index (χ4n) is 3.46. The summed E-state index contributed by atoms with van der Waals surface area (Å²) in [4.78, 5) is 12.8. The Balaban J connectivity index is 1.42. The Kier molecular flexibility index (Phi) is 5.21. The SMILES string of the molecule is COc1ccc(Cn2nnnc2SCC(=O)c2cc(C)n(C3CC3)c2C)cc1. The molecule has 0 radical (unpaired) electrons. The highest BCUT2D eigenvalue weighted by Gasteiger charge is 2.28. The molecule has 1 fully saturated rings. The number of nitrogens with zero attached hydrogens (tertiary/aromatic N) is 5. The van der Waals surface area contributed by atoms with Crippen LogP contribution in [0.4, 0.5) is 0 Å². The third-order valence-corrected chi connectivity index (χ3v) is 5.98. The van der Waals surface area contributed by atoms with E-state index in [0.29, 0.717) is 23.5 Å². The van der Waals surface area contributed by atoms with E-state index in [-0.39, 0.29) is 5.78 Å². The van der Waals surface area contributed by atoms with E-state index in [9.17, 15) is 4.79 Å². The number of ketones is 1. The van der Waals surface area contributed by atoms with Crippen molar-refractivity contribution in [1.82, 2.24) is 24.8 Å². The van der Waals surface area contributed by atoms with E-state index in [1.54, 1.807) is 11.8 Å². The lowest BCUT2D eigenvalue weighted by molar-refractivity contribution is 0.102. The number of ether oxygens (including phenoxy) is 1. The van der Waals surface area contributed by atoms with E-state index in [1.807, 2.05) is 37.3 Å². The average molecular weight is 398 g/mol. The summed E-state index contributed by atoms with van der Waals surface area (Å²) in [5.74, 6) is 1.24. The first-order chi connectivity index (χ1) is 13.6. The van der Waals surface area contributed by atoms with Crippen LogP contribution < -0.4 is 4.74 Å². The standard InChI is InChI=1S/C20H23N5O2S/c1-13-10-18(14(2)25(13)16-6-7-16)19(26)12-28-20-21-22-23-24(20)11-15-4-8-17(27-3)9-5-15/h4-5,8-10,16H,6-7,11-12H2,1-3H3. The number of rotatable bonds is 8. The average Bonchev–Trinajstić information content (AvgIpc) is 3.35. The number of hydrogen-bond acceptors (Lipinski definition) is 6. The lowest BCUT2D eigenvalue weighted by Crippen LogP contribution is -2.08. The fourth-order valence-corrected chi connectivity index (χ4v) is 4.22. The molecule has 2 aromatic heterocycles. The van der Waals surface area contributed by atoms with Crippen molar-refractivity contribution in [2.75, 3.05) is 12.9 Å². The van der Waals surface area contributed by atoms with Gasteiger partial charge in [0.25, 0.3) is 0 Å². The summed E-state index contributed by atoms with van der Waals surface area (Å²) in [7, 11) is 1.64. The van der Waals surface area contributed by atoms with E-state index < -0.39 is 0 Å². The predicted molar refractivity (Wildman–Crippen MR) is 107 cm³/mol. The molecule has 8 heteroatoms. The molecule has 4 rings (SSSR count). The molecule has 146 valence electrons. The van der Waals surface area contributed by atoms with Gasteiger partial charge < -0.3 is 9.30 Å². The minimum atomic E-state index is 0.115. The molecule has 7 nitrogen and oxygen atoms in total. The van der Waals surface area contributed by atoms with Gasteiger partial charge in [-0.3, -0.25) is 4.79 Å². The van der Waals surface area contributed by atoms with Gasteiger partial charge in [-0.1, -0.05) is 23.9 Å². The maximum Gasteiger partial charge on any atom is 0.210 e. The maximum absolute atomic E-state index is 12.8. The zero-order valence-electron chi connectivity index (χ0n) is 16.3. The summed E-state index contributed by atoms with van der Waals surface area (Å²) in [5.41, 5.74) is 4.11. The van der Waals surface area contributed by atoms with Gasteiger partial charge in [0.1, 0.15) is 5.75 Å². The van der Waals surface area contributed by atoms with E-state index in [1.165, 1.54) is 24.6 Å². The topological polar surface area (TPSA) is 74.8 Å². The summed E-state index contributed by atoms with van der Waals surface area (Å²) in [6, 6.07) is 10.4. The van der Waals surface area contributed by atoms with Gasteiger partial charge in [0.2, 0.25) is 5.16 Å². The first-order valence-electron chi connectivity index (χ1n) is 9.30. The fraction of sp³-hybridized carbons (Fsp3) is 0.400. The normalized spacial score (nSPS) is 13.7. The predicted octanol–water partition coefficient (Wildman–Crippen LogP) is 3.46. The number of methoxy groups -OCH3 is 1. The van der Waals surface area contributed by atoms with Crippen LogP contribution in [-0.4, -0.2) is 43.4 Å². The molecule has 2 heterocycles. The summed E-state index contributed by atoms with van der Waals surface area (Å²) in [5, 5.41) is 12.5. The van der Waals surface area contributed by atoms with Crippen LogP contribution in [0.1, 0.15) is 46.2 Å². The van der Waals surface area contributed by atoms with Gasteiger partial charge in [0, 0.05) is 23.0 Å². The molecule has 0 saturated heterocycles. The summed E-state index contributed by atoms with van der Waals surface area (Å²) in [6.07, 6.45) is 2.41. The van der Waals surface area contributed by atoms with E-state index in [2.05, 4.69) is 27.0 Å². The second-order valence-corrected chi connectivity index (χ2v) is 8.01. The third-order valence-electron chi connectivity index (χ3n) is 5.02. The molecule has 0 bridgehead atoms. The zero-order chi connectivity index (χ0) is 19.7. The van der Waals surface area contributed by atoms with Crippen LogP contribution in [-0.2, 0) is 6.54 Å². The van der Waals surface area contributed by atoms with Gasteiger partial charge in [-0.05, 0) is 60.9 Å². The highest BCUT2D eigenvalue weighted by atomic mass is 32.2. The molecule has 0 amide bonds. The van der Waals surface area contributed by atoms with Gasteiger partial charge >= 0.3 is 0 Å². The number of aromatic nitrogens is 5. The van der Waals surface area contributed by atoms with Crippen molar-refractivity contribution in [1.29, 1.82) is 0 Å². The Labute approximate surface area is 168 Å². The minimum Gasteiger partial charge on any atom is -0.497 e. The van der Waals surface area contributed by atoms with Crippen molar-refractivity contribution in [2.45, 2.75) is 44.4 Å². The summed E-state index contributed by atoms with van der Waals surface area (Å²) < 4.78 is 9.20. The number of carbonyl (C=O) groups is 1. The van der Waals surface area contributed by atoms with Crippen molar-refractivity contribution < 1.29 is 9.53 Å². The van der Waals surface area contributed by atoms with Crippen LogP contribution in [0.25, 0.3) is 0 Å². The highest BCUT2D eigenvalue weighted by Crippen LogP contribution is 2.38. The van der Waals surface area contributed by atoms with E-state index in [0.717, 1.165) is 28.3 Å². The molecule has 28 heavy (non-hydrogen) atoms. The summed E-state index contributed by atoms with van der Waals surface area (Å²) >= 11 is 1.37. The van der Waals surface area contributed by atoms with Crippen molar-refractivity contribution >= 4 is 17.5 Å². The molecule has 0 spiro atoms. The Morgan fingerprint density at radius 3 is 2.68 bits per heavy atom. The number of carbonyl (C=O) groups excluding carboxylic acids is 1. The van der Waals surface area contributed by atoms with Gasteiger partial charge in [-0.15, -0.1) is 5.10 Å². The second-order valence-electron chi connectivity index (χ2n) is 7.07. The van der Waals surface area contributed by atoms with Crippen LogP contribution in [0.15, 0.2) is 35.5 Å². The molecule has 1 aliphatic rings. The Hall–Kier alpha value is -2.61. The zero-order valence-corrected chi connectivity index (χ0v) is 17.1. The molecular formula is C20H23N5O2S. The van der Waals surface area contributed by atoms with Crippen LogP contribution in [0.5, 0.6) is 5.75 Å². The Morgan fingerprint density at radius 2 is 2.00 bits per heavy atom. The Bertz CT molecular complexity index is 989. The van der Waals surface area contributed by atoms with Crippen LogP contribution in [0.3, 0.4) is 0 Å². The van der Waals surface area contributed by atoms with E-state index >= 15 is 0 Å². The third kappa shape index (κ3) is 3.82. The number of hydrogen-bond donors (Lipinski definition) is 0. The van der Waals surface area contributed by atoms with Gasteiger partial charge in [-0.2, -0.15) is 0 Å². The van der Waals surface area contributed by atoms with Gasteiger partial charge in [-0.25, -0.2) is 4.68 Å². The minimum absolute atomic E-state index is 0.115. The lowest BCUT2D eigenvalue weighted by atomic mass is 10.2. The van der Waals surface area contributed by atoms with Crippen LogP contribution in [0.2, 0.25) is 0 Å². The van der Waals surface area contributed by atoms with Crippen LogP contribution in [0, 0.1) is 13.8 Å². The monoisotopic (exact) mass is 397 g/mol. The van der Waals surface area contributed by atoms with Crippen molar-refractivity contribution in [3.63, 3.8) is 0 Å². The van der Waals surface area contributed by atoms with E-state index in [4.69, 9.17) is 4.74 Å². The Morgan fingerprint density at radius 1 is 1.25 bits per heavy atom. The molecule has 0 atom stereocenters. The van der Waals surface area contributed by atoms with Crippen LogP contribution >= 0.6 is 11.8 Å². The smallest absolute Gasteiger partial charge is 0.210 e. The van der Waals surface area contributed by atoms with Crippen molar-refractivity contribution in [2.24, 2.45) is 0 Å². The molecular weight excluding hydrogens is 374 g/mol. The number of aryl methyl sites for hydroxylation is 1. The quantitative estimate of drug-likeness (QED) is 0.428. The number of Topliss-reactive ketones (excluding diaryl/α,β-unsaturated/α-hetero) is 1.